The van der Waals surface area contributed by atoms with E-state index in [1.54, 1.807) is 6.08 Å². The Labute approximate surface area is 215 Å². The first-order chi connectivity index (χ1) is 17.5. The van der Waals surface area contributed by atoms with Crippen molar-refractivity contribution in [1.29, 1.82) is 0 Å². The van der Waals surface area contributed by atoms with Gasteiger partial charge in [0.15, 0.2) is 0 Å². The molecule has 1 aromatic carbocycles. The predicted octanol–water partition coefficient (Wildman–Crippen LogP) is 4.22. The minimum Gasteiger partial charge on any atom is -0.404 e. The van der Waals surface area contributed by atoms with E-state index in [4.69, 9.17) is 11.5 Å². The summed E-state index contributed by atoms with van der Waals surface area (Å²) in [6.07, 6.45) is 1.52. The number of aryl methyl sites for hydroxylation is 1. The van der Waals surface area contributed by atoms with E-state index in [9.17, 15) is 18.0 Å². The number of hydrogen-bond donors (Lipinski definition) is 2. The Bertz CT molecular complexity index is 1210. The predicted molar refractivity (Wildman–Crippen MR) is 139 cm³/mol. The number of hydrogen-bond acceptors (Lipinski definition) is 6. The fourth-order valence-electron chi connectivity index (χ4n) is 4.36. The van der Waals surface area contributed by atoms with Gasteiger partial charge in [-0.25, -0.2) is 9.97 Å². The van der Waals surface area contributed by atoms with Gasteiger partial charge in [0.05, 0.1) is 22.5 Å². The minimum atomic E-state index is -4.74. The van der Waals surface area contributed by atoms with Crippen molar-refractivity contribution < 1.29 is 18.0 Å². The maximum atomic E-state index is 14.2. The molecule has 1 aliphatic heterocycles. The fourth-order valence-corrected chi connectivity index (χ4v) is 4.36. The molecule has 10 heteroatoms. The molecule has 198 valence electrons. The Balaban J connectivity index is 2.09. The number of benzene rings is 1. The van der Waals surface area contributed by atoms with E-state index in [0.717, 1.165) is 6.07 Å². The summed E-state index contributed by atoms with van der Waals surface area (Å²) >= 11 is 0. The van der Waals surface area contributed by atoms with E-state index in [1.807, 2.05) is 6.92 Å². The van der Waals surface area contributed by atoms with E-state index in [1.165, 1.54) is 35.6 Å². The smallest absolute Gasteiger partial charge is 0.404 e. The molecule has 1 fully saturated rings. The second-order valence-electron chi connectivity index (χ2n) is 9.11. The Morgan fingerprint density at radius 3 is 2.38 bits per heavy atom. The molecular formula is C27H33F3N6O. The van der Waals surface area contributed by atoms with Crippen molar-refractivity contribution in [3.05, 3.63) is 77.5 Å². The molecule has 0 radical (unpaired) electrons. The van der Waals surface area contributed by atoms with Crippen LogP contribution in [0.4, 0.5) is 13.2 Å². The number of aromatic nitrogens is 2. The van der Waals surface area contributed by atoms with Crippen LogP contribution in [0.25, 0.3) is 16.8 Å². The number of carbonyl (C=O) groups excluding carboxylic acids is 1. The highest BCUT2D eigenvalue weighted by Crippen LogP contribution is 2.37. The third-order valence-corrected chi connectivity index (χ3v) is 6.37. The lowest BCUT2D eigenvalue weighted by Gasteiger charge is -2.37. The number of piperazine rings is 1. The Kier molecular flexibility index (Phi) is 8.75. The highest BCUT2D eigenvalue weighted by Gasteiger charge is 2.37. The summed E-state index contributed by atoms with van der Waals surface area (Å²) in [5.74, 6) is -0.633. The van der Waals surface area contributed by atoms with E-state index in [0.29, 0.717) is 55.5 Å². The molecule has 0 atom stereocenters. The Morgan fingerprint density at radius 2 is 1.84 bits per heavy atom. The summed E-state index contributed by atoms with van der Waals surface area (Å²) < 4.78 is 42.7. The number of nitrogens with two attached hydrogens (primary N) is 2. The first-order valence-electron chi connectivity index (χ1n) is 12.1. The molecule has 2 heterocycles. The quantitative estimate of drug-likeness (QED) is 0.537. The van der Waals surface area contributed by atoms with Crippen molar-refractivity contribution in [1.82, 2.24) is 19.8 Å². The number of nitrogens with zero attached hydrogens (tertiary/aromatic N) is 4. The van der Waals surface area contributed by atoms with Crippen molar-refractivity contribution >= 4 is 11.5 Å². The molecule has 37 heavy (non-hydrogen) atoms. The summed E-state index contributed by atoms with van der Waals surface area (Å²) in [7, 11) is 0. The lowest BCUT2D eigenvalue weighted by Crippen LogP contribution is -2.50. The standard InChI is InChI=1S/C27H33F3N6O/c1-5-23-24(20(15-31)7-6-18(4)32)25(34-16-33-23)19-8-9-21(22(14-19)27(28,29)30)26(37)36-12-10-35(11-13-36)17(2)3/h6-9,14-17H,4-5,10-13,31-32H2,1-3H3/b7-6-,20-15+. The highest BCUT2D eigenvalue weighted by atomic mass is 19.4. The summed E-state index contributed by atoms with van der Waals surface area (Å²) in [5, 5.41) is 0. The van der Waals surface area contributed by atoms with Gasteiger partial charge < -0.3 is 16.4 Å². The first-order valence-corrected chi connectivity index (χ1v) is 12.1. The van der Waals surface area contributed by atoms with Crippen LogP contribution in [-0.4, -0.2) is 57.9 Å². The van der Waals surface area contributed by atoms with Gasteiger partial charge in [0.25, 0.3) is 5.91 Å². The van der Waals surface area contributed by atoms with Crippen LogP contribution in [0.3, 0.4) is 0 Å². The molecule has 1 aliphatic rings. The van der Waals surface area contributed by atoms with E-state index in [-0.39, 0.29) is 22.5 Å². The summed E-state index contributed by atoms with van der Waals surface area (Å²) in [5.41, 5.74) is 12.4. The monoisotopic (exact) mass is 514 g/mol. The molecule has 1 aromatic heterocycles. The summed E-state index contributed by atoms with van der Waals surface area (Å²) in [6.45, 7) is 11.6. The molecule has 0 bridgehead atoms. The molecule has 0 unspecified atom stereocenters. The molecule has 0 aliphatic carbocycles. The van der Waals surface area contributed by atoms with Crippen molar-refractivity contribution in [2.24, 2.45) is 11.5 Å². The van der Waals surface area contributed by atoms with Crippen LogP contribution >= 0.6 is 0 Å². The number of rotatable bonds is 7. The number of halogens is 3. The molecular weight excluding hydrogens is 481 g/mol. The Morgan fingerprint density at radius 1 is 1.16 bits per heavy atom. The zero-order valence-corrected chi connectivity index (χ0v) is 21.3. The third-order valence-electron chi connectivity index (χ3n) is 6.37. The average molecular weight is 515 g/mol. The van der Waals surface area contributed by atoms with Gasteiger partial charge in [-0.1, -0.05) is 25.6 Å². The van der Waals surface area contributed by atoms with Gasteiger partial charge in [-0.2, -0.15) is 13.2 Å². The first kappa shape index (κ1) is 27.9. The van der Waals surface area contributed by atoms with Crippen molar-refractivity contribution in [2.75, 3.05) is 26.2 Å². The van der Waals surface area contributed by atoms with E-state index < -0.39 is 17.6 Å². The van der Waals surface area contributed by atoms with Crippen LogP contribution in [-0.2, 0) is 12.6 Å². The second-order valence-corrected chi connectivity index (χ2v) is 9.11. The van der Waals surface area contributed by atoms with Gasteiger partial charge in [0.2, 0.25) is 0 Å². The zero-order valence-electron chi connectivity index (χ0n) is 21.3. The molecule has 4 N–H and O–H groups in total. The molecule has 1 amide bonds. The highest BCUT2D eigenvalue weighted by molar-refractivity contribution is 5.97. The lowest BCUT2D eigenvalue weighted by molar-refractivity contribution is -0.138. The van der Waals surface area contributed by atoms with Crippen molar-refractivity contribution in [3.8, 4) is 11.3 Å². The second kappa shape index (κ2) is 11.6. The number of carbonyl (C=O) groups is 1. The van der Waals surface area contributed by atoms with Crippen LogP contribution < -0.4 is 11.5 Å². The van der Waals surface area contributed by atoms with Gasteiger partial charge in [-0.05, 0) is 38.5 Å². The van der Waals surface area contributed by atoms with Crippen molar-refractivity contribution in [2.45, 2.75) is 39.4 Å². The van der Waals surface area contributed by atoms with Gasteiger partial charge in [-0.15, -0.1) is 0 Å². The van der Waals surface area contributed by atoms with Gasteiger partial charge in [0.1, 0.15) is 6.33 Å². The van der Waals surface area contributed by atoms with Crippen molar-refractivity contribution in [3.63, 3.8) is 0 Å². The third kappa shape index (κ3) is 6.37. The minimum absolute atomic E-state index is 0.194. The van der Waals surface area contributed by atoms with Crippen LogP contribution in [0.2, 0.25) is 0 Å². The number of amides is 1. The normalized spacial score (nSPS) is 15.5. The van der Waals surface area contributed by atoms with Crippen LogP contribution in [0.15, 0.2) is 55.2 Å². The van der Waals surface area contributed by atoms with E-state index >= 15 is 0 Å². The molecule has 1 saturated heterocycles. The zero-order chi connectivity index (χ0) is 27.3. The van der Waals surface area contributed by atoms with E-state index in [2.05, 4.69) is 35.3 Å². The molecule has 2 aromatic rings. The number of alkyl halides is 3. The van der Waals surface area contributed by atoms with Gasteiger partial charge in [-0.3, -0.25) is 9.69 Å². The SMILES string of the molecule is C=C(N)/C=C\C(=C/N)c1c(CC)ncnc1-c1ccc(C(=O)N2CCN(C(C)C)CC2)c(C(F)(F)F)c1. The summed E-state index contributed by atoms with van der Waals surface area (Å²) in [6, 6.07) is 4.00. The van der Waals surface area contributed by atoms with Gasteiger partial charge in [0, 0.05) is 60.8 Å². The number of allylic oxidation sites excluding steroid dienone is 3. The largest absolute Gasteiger partial charge is 0.417 e. The molecule has 0 saturated carbocycles. The molecule has 7 nitrogen and oxygen atoms in total. The molecule has 3 rings (SSSR count). The maximum absolute atomic E-state index is 14.2. The van der Waals surface area contributed by atoms with Gasteiger partial charge >= 0.3 is 6.18 Å². The van der Waals surface area contributed by atoms with Crippen LogP contribution in [0.5, 0.6) is 0 Å². The maximum Gasteiger partial charge on any atom is 0.417 e. The van der Waals surface area contributed by atoms with Crippen LogP contribution in [0.1, 0.15) is 48.0 Å². The fraction of sp³-hybridized carbons (Fsp3) is 0.370. The molecule has 0 spiro atoms. The summed E-state index contributed by atoms with van der Waals surface area (Å²) in [4.78, 5) is 25.5. The topological polar surface area (TPSA) is 101 Å². The Hall–Kier alpha value is -3.66. The van der Waals surface area contributed by atoms with Crippen LogP contribution in [0, 0.1) is 0 Å². The lowest BCUT2D eigenvalue weighted by atomic mass is 9.93. The average Bonchev–Trinajstić information content (AvgIpc) is 2.87.